The summed E-state index contributed by atoms with van der Waals surface area (Å²) < 4.78 is 0. The van der Waals surface area contributed by atoms with Crippen molar-refractivity contribution < 1.29 is 14.7 Å². The van der Waals surface area contributed by atoms with Gasteiger partial charge < -0.3 is 10.0 Å². The second kappa shape index (κ2) is 4.98. The van der Waals surface area contributed by atoms with Gasteiger partial charge in [0.1, 0.15) is 0 Å². The molecule has 0 aromatic heterocycles. The number of hydrogen-bond acceptors (Lipinski definition) is 2. The molecular formula is C10H16NO3. The van der Waals surface area contributed by atoms with Crippen molar-refractivity contribution in [1.29, 1.82) is 0 Å². The highest BCUT2D eigenvalue weighted by atomic mass is 16.4. The molecule has 0 unspecified atom stereocenters. The second-order valence-corrected chi connectivity index (χ2v) is 3.75. The molecule has 1 aliphatic carbocycles. The van der Waals surface area contributed by atoms with Crippen LogP contribution in [0.3, 0.4) is 0 Å². The highest BCUT2D eigenvalue weighted by molar-refractivity contribution is 5.86. The van der Waals surface area contributed by atoms with Crippen LogP contribution in [0.15, 0.2) is 0 Å². The van der Waals surface area contributed by atoms with Gasteiger partial charge in [-0.15, -0.1) is 0 Å². The summed E-state index contributed by atoms with van der Waals surface area (Å²) in [6.07, 6.45) is 5.15. The second-order valence-electron chi connectivity index (χ2n) is 3.75. The molecule has 0 atom stereocenters. The fraction of sp³-hybridized carbons (Fsp3) is 0.700. The largest absolute Gasteiger partial charge is 0.480 e. The number of carboxylic acid groups (broad SMARTS) is 1. The first-order chi connectivity index (χ1) is 6.61. The van der Waals surface area contributed by atoms with E-state index < -0.39 is 5.97 Å². The molecule has 1 aliphatic rings. The van der Waals surface area contributed by atoms with E-state index in [0.717, 1.165) is 32.2 Å². The normalized spacial score (nSPS) is 17.8. The average molecular weight is 198 g/mol. The first kappa shape index (κ1) is 11.0. The van der Waals surface area contributed by atoms with Crippen molar-refractivity contribution >= 4 is 11.9 Å². The van der Waals surface area contributed by atoms with Gasteiger partial charge in [-0.05, 0) is 12.8 Å². The number of hydrogen-bond donors (Lipinski definition) is 1. The number of rotatable bonds is 3. The molecule has 0 bridgehead atoms. The zero-order chi connectivity index (χ0) is 10.6. The molecule has 0 spiro atoms. The van der Waals surface area contributed by atoms with Gasteiger partial charge in [-0.25, -0.2) is 4.79 Å². The Morgan fingerprint density at radius 3 is 2.36 bits per heavy atom. The quantitative estimate of drug-likeness (QED) is 0.743. The van der Waals surface area contributed by atoms with Gasteiger partial charge in [-0.3, -0.25) is 4.79 Å². The summed E-state index contributed by atoms with van der Waals surface area (Å²) in [5, 5.41) is 8.48. The first-order valence-electron chi connectivity index (χ1n) is 4.95. The molecule has 79 valence electrons. The van der Waals surface area contributed by atoms with Crippen molar-refractivity contribution in [2.45, 2.75) is 32.1 Å². The Labute approximate surface area is 83.9 Å². The lowest BCUT2D eigenvalue weighted by atomic mass is 9.88. The van der Waals surface area contributed by atoms with Crippen molar-refractivity contribution in [2.24, 2.45) is 5.92 Å². The van der Waals surface area contributed by atoms with E-state index in [0.29, 0.717) is 0 Å². The molecule has 0 aromatic rings. The van der Waals surface area contributed by atoms with Gasteiger partial charge in [0.05, 0.1) is 0 Å². The van der Waals surface area contributed by atoms with Gasteiger partial charge in [-0.2, -0.15) is 0 Å². The SMILES string of the molecule is CN([CH]C(=O)O)C(=O)C1CCCCC1. The smallest absolute Gasteiger partial charge is 0.329 e. The fourth-order valence-corrected chi connectivity index (χ4v) is 1.87. The number of likely N-dealkylation sites (N-methyl/N-ethyl adjacent to an activating group) is 1. The Balaban J connectivity index is 2.42. The standard InChI is InChI=1S/C10H16NO3/c1-11(7-9(12)13)10(14)8-5-3-2-4-6-8/h7-8H,2-6H2,1H3,(H,12,13). The molecule has 1 saturated carbocycles. The average Bonchev–Trinajstić information content (AvgIpc) is 2.17. The highest BCUT2D eigenvalue weighted by Crippen LogP contribution is 2.25. The number of carbonyl (C=O) groups is 2. The maximum absolute atomic E-state index is 11.7. The van der Waals surface area contributed by atoms with E-state index in [1.807, 2.05) is 0 Å². The van der Waals surface area contributed by atoms with Gasteiger partial charge in [0.15, 0.2) is 6.54 Å². The highest BCUT2D eigenvalue weighted by Gasteiger charge is 2.24. The molecule has 1 fully saturated rings. The van der Waals surface area contributed by atoms with Crippen LogP contribution >= 0.6 is 0 Å². The lowest BCUT2D eigenvalue weighted by Crippen LogP contribution is -2.34. The molecule has 0 saturated heterocycles. The molecule has 1 radical (unpaired) electrons. The third-order valence-corrected chi connectivity index (χ3v) is 2.61. The van der Waals surface area contributed by atoms with E-state index in [9.17, 15) is 9.59 Å². The summed E-state index contributed by atoms with van der Waals surface area (Å²) >= 11 is 0. The maximum atomic E-state index is 11.7. The van der Waals surface area contributed by atoms with Gasteiger partial charge in [0, 0.05) is 13.0 Å². The summed E-state index contributed by atoms with van der Waals surface area (Å²) in [6.45, 7) is 0.928. The maximum Gasteiger partial charge on any atom is 0.329 e. The van der Waals surface area contributed by atoms with Gasteiger partial charge >= 0.3 is 5.97 Å². The van der Waals surface area contributed by atoms with E-state index >= 15 is 0 Å². The molecule has 0 heterocycles. The zero-order valence-corrected chi connectivity index (χ0v) is 8.40. The molecule has 0 aliphatic heterocycles. The van der Waals surface area contributed by atoms with Crippen LogP contribution in [0, 0.1) is 12.5 Å². The molecule has 1 amide bonds. The summed E-state index contributed by atoms with van der Waals surface area (Å²) in [4.78, 5) is 23.2. The zero-order valence-electron chi connectivity index (χ0n) is 8.40. The van der Waals surface area contributed by atoms with Crippen LogP contribution < -0.4 is 0 Å². The first-order valence-corrected chi connectivity index (χ1v) is 4.95. The van der Waals surface area contributed by atoms with Crippen LogP contribution in [-0.2, 0) is 9.59 Å². The van der Waals surface area contributed by atoms with Crippen LogP contribution in [0.25, 0.3) is 0 Å². The Morgan fingerprint density at radius 1 is 1.29 bits per heavy atom. The third kappa shape index (κ3) is 3.01. The Kier molecular flexibility index (Phi) is 3.92. The fourth-order valence-electron chi connectivity index (χ4n) is 1.87. The van der Waals surface area contributed by atoms with Gasteiger partial charge in [0.25, 0.3) is 0 Å². The lowest BCUT2D eigenvalue weighted by molar-refractivity contribution is -0.141. The van der Waals surface area contributed by atoms with Gasteiger partial charge in [-0.1, -0.05) is 19.3 Å². The number of aliphatic carboxylic acids is 1. The van der Waals surface area contributed by atoms with E-state index in [1.54, 1.807) is 0 Å². The molecule has 4 nitrogen and oxygen atoms in total. The number of carbonyl (C=O) groups excluding carboxylic acids is 1. The summed E-state index contributed by atoms with van der Waals surface area (Å²) in [5.74, 6) is -1.10. The molecule has 1 N–H and O–H groups in total. The van der Waals surface area contributed by atoms with Crippen molar-refractivity contribution in [3.05, 3.63) is 6.54 Å². The van der Waals surface area contributed by atoms with E-state index in [-0.39, 0.29) is 11.8 Å². The monoisotopic (exact) mass is 198 g/mol. The van der Waals surface area contributed by atoms with Crippen LogP contribution in [-0.4, -0.2) is 28.9 Å². The minimum Gasteiger partial charge on any atom is -0.480 e. The third-order valence-electron chi connectivity index (χ3n) is 2.61. The van der Waals surface area contributed by atoms with Crippen LogP contribution in [0.2, 0.25) is 0 Å². The minimum absolute atomic E-state index is 0.0318. The summed E-state index contributed by atoms with van der Waals surface area (Å²) in [7, 11) is 1.51. The Morgan fingerprint density at radius 2 is 1.86 bits per heavy atom. The molecule has 4 heteroatoms. The summed E-state index contributed by atoms with van der Waals surface area (Å²) in [5.41, 5.74) is 0. The van der Waals surface area contributed by atoms with Crippen LogP contribution in [0.4, 0.5) is 0 Å². The summed E-state index contributed by atoms with van der Waals surface area (Å²) in [6, 6.07) is 0. The predicted octanol–water partition coefficient (Wildman–Crippen LogP) is 1.27. The number of carboxylic acids is 1. The molecular weight excluding hydrogens is 182 g/mol. The van der Waals surface area contributed by atoms with Crippen LogP contribution in [0.5, 0.6) is 0 Å². The van der Waals surface area contributed by atoms with E-state index in [2.05, 4.69) is 0 Å². The Hall–Kier alpha value is -1.06. The molecule has 14 heavy (non-hydrogen) atoms. The number of nitrogens with zero attached hydrogens (tertiary/aromatic N) is 1. The van der Waals surface area contributed by atoms with Crippen molar-refractivity contribution in [1.82, 2.24) is 4.90 Å². The van der Waals surface area contributed by atoms with E-state index in [1.165, 1.54) is 18.4 Å². The van der Waals surface area contributed by atoms with E-state index in [4.69, 9.17) is 5.11 Å². The Bertz CT molecular complexity index is 221. The molecule has 0 aromatic carbocycles. The van der Waals surface area contributed by atoms with Crippen molar-refractivity contribution in [3.8, 4) is 0 Å². The van der Waals surface area contributed by atoms with Crippen LogP contribution in [0.1, 0.15) is 32.1 Å². The lowest BCUT2D eigenvalue weighted by Gasteiger charge is -2.24. The van der Waals surface area contributed by atoms with Crippen molar-refractivity contribution in [3.63, 3.8) is 0 Å². The van der Waals surface area contributed by atoms with Gasteiger partial charge in [0.2, 0.25) is 5.91 Å². The number of amides is 1. The predicted molar refractivity (Wildman–Crippen MR) is 51.3 cm³/mol. The topological polar surface area (TPSA) is 57.6 Å². The van der Waals surface area contributed by atoms with Crippen molar-refractivity contribution in [2.75, 3.05) is 7.05 Å². The molecule has 1 rings (SSSR count). The minimum atomic E-state index is -1.07.